The number of H-pyrrole nitrogens is 1. The van der Waals surface area contributed by atoms with E-state index in [2.05, 4.69) is 27.3 Å². The van der Waals surface area contributed by atoms with E-state index in [1.165, 1.54) is 18.5 Å². The second-order valence-electron chi connectivity index (χ2n) is 8.40. The lowest BCUT2D eigenvalue weighted by atomic mass is 9.94. The fourth-order valence-electron chi connectivity index (χ4n) is 5.24. The molecule has 29 heavy (non-hydrogen) atoms. The molecule has 2 aliphatic heterocycles. The highest BCUT2D eigenvalue weighted by Crippen LogP contribution is 2.38. The normalized spacial score (nSPS) is 23.1. The highest BCUT2D eigenvalue weighted by Gasteiger charge is 2.34. The summed E-state index contributed by atoms with van der Waals surface area (Å²) in [7, 11) is 0. The molecule has 2 saturated heterocycles. The minimum absolute atomic E-state index is 0.400. The van der Waals surface area contributed by atoms with E-state index in [-0.39, 0.29) is 0 Å². The van der Waals surface area contributed by atoms with Gasteiger partial charge in [-0.1, -0.05) is 6.07 Å². The second-order valence-corrected chi connectivity index (χ2v) is 8.40. The van der Waals surface area contributed by atoms with E-state index in [4.69, 9.17) is 0 Å². The van der Waals surface area contributed by atoms with Crippen LogP contribution in [0.1, 0.15) is 40.7 Å². The third-order valence-electron chi connectivity index (χ3n) is 6.70. The molecule has 1 aromatic heterocycles. The van der Waals surface area contributed by atoms with Gasteiger partial charge in [0.15, 0.2) is 5.56 Å². The van der Waals surface area contributed by atoms with Gasteiger partial charge in [-0.3, -0.25) is 4.79 Å². The predicted molar refractivity (Wildman–Crippen MR) is 110 cm³/mol. The lowest BCUT2D eigenvalue weighted by Crippen LogP contribution is -2.40. The molecule has 0 amide bonds. The number of aromatic hydroxyl groups is 1. The number of carboxylic acid groups (broad SMARTS) is 1. The Morgan fingerprint density at radius 2 is 2.03 bits per heavy atom. The summed E-state index contributed by atoms with van der Waals surface area (Å²) in [4.78, 5) is 28.8. The molecule has 0 saturated carbocycles. The standard InChI is InChI=1S/C22H25N3O4/c26-20-16-5-1-3-12-9-14(25-10-13-4-2-8-23-17(13)11-25)6-7-15(12)19(16)24-21(27)18(20)22(28)29/h6-7,9,13,17,23H,1-5,8,10-11H2,(H,28,29)(H2,24,26,27). The summed E-state index contributed by atoms with van der Waals surface area (Å²) in [5, 5.41) is 23.4. The molecule has 0 radical (unpaired) electrons. The van der Waals surface area contributed by atoms with Crippen LogP contribution < -0.4 is 15.8 Å². The largest absolute Gasteiger partial charge is 0.506 e. The van der Waals surface area contributed by atoms with Crippen molar-refractivity contribution in [2.45, 2.75) is 38.1 Å². The number of fused-ring (bicyclic) bond motifs is 4. The number of aryl methyl sites for hydroxylation is 1. The van der Waals surface area contributed by atoms with Crippen LogP contribution in [0.3, 0.4) is 0 Å². The molecule has 1 aromatic carbocycles. The molecule has 5 rings (SSSR count). The van der Waals surface area contributed by atoms with Gasteiger partial charge in [0, 0.05) is 35.9 Å². The fourth-order valence-corrected chi connectivity index (χ4v) is 5.24. The molecule has 1 aliphatic carbocycles. The molecule has 2 fully saturated rings. The molecule has 2 aromatic rings. The Balaban J connectivity index is 1.54. The number of carbonyl (C=O) groups is 1. The molecule has 4 N–H and O–H groups in total. The Morgan fingerprint density at radius 3 is 2.83 bits per heavy atom. The smallest absolute Gasteiger partial charge is 0.345 e. The topological polar surface area (TPSA) is 106 Å². The van der Waals surface area contributed by atoms with E-state index in [1.54, 1.807) is 0 Å². The van der Waals surface area contributed by atoms with Crippen molar-refractivity contribution >= 4 is 11.7 Å². The Hall–Kier alpha value is -2.80. The fraction of sp³-hybridized carbons (Fsp3) is 0.455. The van der Waals surface area contributed by atoms with Crippen LogP contribution in [0.4, 0.5) is 5.69 Å². The molecule has 0 bridgehead atoms. The number of aromatic amines is 1. The number of carboxylic acids is 1. The minimum Gasteiger partial charge on any atom is -0.506 e. The monoisotopic (exact) mass is 395 g/mol. The summed E-state index contributed by atoms with van der Waals surface area (Å²) in [6, 6.07) is 6.83. The SMILES string of the molecule is O=C(O)c1c(O)c2c([nH]c1=O)-c1ccc(N3CC4CCCNC4C3)cc1CCC2. The van der Waals surface area contributed by atoms with Gasteiger partial charge in [0.2, 0.25) is 0 Å². The number of benzene rings is 1. The van der Waals surface area contributed by atoms with Crippen molar-refractivity contribution in [1.82, 2.24) is 10.3 Å². The molecule has 7 nitrogen and oxygen atoms in total. The van der Waals surface area contributed by atoms with Crippen molar-refractivity contribution in [2.24, 2.45) is 5.92 Å². The molecule has 7 heteroatoms. The Labute approximate surface area is 168 Å². The van der Waals surface area contributed by atoms with E-state index in [0.717, 1.165) is 43.6 Å². The molecule has 3 aliphatic rings. The first-order valence-electron chi connectivity index (χ1n) is 10.4. The van der Waals surface area contributed by atoms with Crippen molar-refractivity contribution in [1.29, 1.82) is 0 Å². The van der Waals surface area contributed by atoms with Crippen LogP contribution in [0.15, 0.2) is 23.0 Å². The molecular weight excluding hydrogens is 370 g/mol. The van der Waals surface area contributed by atoms with Gasteiger partial charge in [0.1, 0.15) is 5.75 Å². The van der Waals surface area contributed by atoms with Crippen LogP contribution in [-0.2, 0) is 12.8 Å². The third-order valence-corrected chi connectivity index (χ3v) is 6.70. The van der Waals surface area contributed by atoms with E-state index in [0.29, 0.717) is 29.6 Å². The zero-order valence-corrected chi connectivity index (χ0v) is 16.2. The number of aromatic carboxylic acids is 1. The van der Waals surface area contributed by atoms with E-state index in [9.17, 15) is 19.8 Å². The maximum atomic E-state index is 12.3. The zero-order valence-electron chi connectivity index (χ0n) is 16.2. The minimum atomic E-state index is -1.41. The average Bonchev–Trinajstić information content (AvgIpc) is 3.05. The van der Waals surface area contributed by atoms with E-state index in [1.807, 2.05) is 6.07 Å². The van der Waals surface area contributed by atoms with Crippen LogP contribution in [0.2, 0.25) is 0 Å². The molecule has 3 heterocycles. The van der Waals surface area contributed by atoms with Crippen molar-refractivity contribution in [2.75, 3.05) is 24.5 Å². The number of piperidine rings is 1. The van der Waals surface area contributed by atoms with Gasteiger partial charge in [-0.25, -0.2) is 4.79 Å². The van der Waals surface area contributed by atoms with E-state index >= 15 is 0 Å². The summed E-state index contributed by atoms with van der Waals surface area (Å²) in [6.07, 6.45) is 4.65. The number of pyridine rings is 1. The highest BCUT2D eigenvalue weighted by molar-refractivity contribution is 5.92. The first-order valence-corrected chi connectivity index (χ1v) is 10.4. The lowest BCUT2D eigenvalue weighted by molar-refractivity contribution is 0.0691. The van der Waals surface area contributed by atoms with Crippen LogP contribution in [0.5, 0.6) is 5.75 Å². The summed E-state index contributed by atoms with van der Waals surface area (Å²) in [6.45, 7) is 3.18. The van der Waals surface area contributed by atoms with Crippen LogP contribution in [0.25, 0.3) is 11.3 Å². The number of nitrogens with one attached hydrogen (secondary N) is 2. The maximum Gasteiger partial charge on any atom is 0.345 e. The Bertz CT molecular complexity index is 1030. The molecule has 0 spiro atoms. The summed E-state index contributed by atoms with van der Waals surface area (Å²) in [5.41, 5.74) is 2.93. The predicted octanol–water partition coefficient (Wildman–Crippen LogP) is 2.12. The van der Waals surface area contributed by atoms with Crippen molar-refractivity contribution < 1.29 is 15.0 Å². The van der Waals surface area contributed by atoms with Crippen LogP contribution >= 0.6 is 0 Å². The maximum absolute atomic E-state index is 12.3. The number of hydrogen-bond acceptors (Lipinski definition) is 5. The van der Waals surface area contributed by atoms with Crippen molar-refractivity contribution in [3.63, 3.8) is 0 Å². The zero-order chi connectivity index (χ0) is 20.1. The molecule has 2 atom stereocenters. The quantitative estimate of drug-likeness (QED) is 0.621. The Morgan fingerprint density at radius 1 is 1.17 bits per heavy atom. The van der Waals surface area contributed by atoms with Gasteiger partial charge >= 0.3 is 5.97 Å². The third kappa shape index (κ3) is 3.00. The summed E-state index contributed by atoms with van der Waals surface area (Å²) in [5.74, 6) is -1.11. The number of hydrogen-bond donors (Lipinski definition) is 4. The lowest BCUT2D eigenvalue weighted by Gasteiger charge is -2.24. The Kier molecular flexibility index (Phi) is 4.35. The first-order chi connectivity index (χ1) is 14.0. The van der Waals surface area contributed by atoms with Gasteiger partial charge in [-0.15, -0.1) is 0 Å². The van der Waals surface area contributed by atoms with Gasteiger partial charge in [-0.05, 0) is 62.3 Å². The number of rotatable bonds is 2. The summed E-state index contributed by atoms with van der Waals surface area (Å²) < 4.78 is 0. The number of nitrogens with zero attached hydrogens (tertiary/aromatic N) is 1. The molecular formula is C22H25N3O4. The van der Waals surface area contributed by atoms with Crippen LogP contribution in [0, 0.1) is 5.92 Å². The number of aromatic nitrogens is 1. The van der Waals surface area contributed by atoms with Gasteiger partial charge in [0.25, 0.3) is 5.56 Å². The van der Waals surface area contributed by atoms with Gasteiger partial charge < -0.3 is 25.4 Å². The molecule has 152 valence electrons. The summed E-state index contributed by atoms with van der Waals surface area (Å²) >= 11 is 0. The van der Waals surface area contributed by atoms with E-state index < -0.39 is 22.8 Å². The van der Waals surface area contributed by atoms with Crippen molar-refractivity contribution in [3.05, 3.63) is 45.2 Å². The van der Waals surface area contributed by atoms with Crippen molar-refractivity contribution in [3.8, 4) is 17.0 Å². The average molecular weight is 395 g/mol. The number of anilines is 1. The van der Waals surface area contributed by atoms with Gasteiger partial charge in [-0.2, -0.15) is 0 Å². The second kappa shape index (κ2) is 6.91. The highest BCUT2D eigenvalue weighted by atomic mass is 16.4. The van der Waals surface area contributed by atoms with Gasteiger partial charge in [0.05, 0.1) is 5.69 Å². The molecule has 2 unspecified atom stereocenters. The first kappa shape index (κ1) is 18.2. The van der Waals surface area contributed by atoms with Crippen LogP contribution in [-0.4, -0.2) is 46.8 Å².